The van der Waals surface area contributed by atoms with Gasteiger partial charge in [0.25, 0.3) is 0 Å². The van der Waals surface area contributed by atoms with Crippen LogP contribution in [0.4, 0.5) is 0 Å². The van der Waals surface area contributed by atoms with Gasteiger partial charge in [0.1, 0.15) is 6.04 Å². The van der Waals surface area contributed by atoms with Crippen LogP contribution in [0, 0.1) is 5.92 Å². The Bertz CT molecular complexity index is 255. The van der Waals surface area contributed by atoms with E-state index in [0.29, 0.717) is 6.04 Å². The van der Waals surface area contributed by atoms with E-state index in [-0.39, 0.29) is 11.8 Å². The molecule has 0 aliphatic carbocycles. The van der Waals surface area contributed by atoms with E-state index in [4.69, 9.17) is 5.11 Å². The van der Waals surface area contributed by atoms with Gasteiger partial charge in [-0.2, -0.15) is 0 Å². The molecule has 1 aliphatic rings. The van der Waals surface area contributed by atoms with E-state index >= 15 is 0 Å². The number of carboxylic acids is 1. The zero-order valence-electron chi connectivity index (χ0n) is 9.12. The number of rotatable bonds is 3. The van der Waals surface area contributed by atoms with Gasteiger partial charge in [-0.25, -0.2) is 0 Å². The van der Waals surface area contributed by atoms with Gasteiger partial charge in [-0.3, -0.25) is 9.59 Å². The van der Waals surface area contributed by atoms with E-state index in [1.807, 2.05) is 6.92 Å². The third-order valence-corrected chi connectivity index (χ3v) is 2.72. The monoisotopic (exact) mass is 214 g/mol. The van der Waals surface area contributed by atoms with Gasteiger partial charge in [0, 0.05) is 12.0 Å². The van der Waals surface area contributed by atoms with Crippen molar-refractivity contribution in [3.63, 3.8) is 0 Å². The highest BCUT2D eigenvalue weighted by atomic mass is 16.4. The van der Waals surface area contributed by atoms with Crippen LogP contribution in [0.5, 0.6) is 0 Å². The first-order chi connectivity index (χ1) is 7.00. The van der Waals surface area contributed by atoms with Crippen LogP contribution in [0.15, 0.2) is 0 Å². The van der Waals surface area contributed by atoms with E-state index in [1.54, 1.807) is 0 Å². The average molecular weight is 214 g/mol. The average Bonchev–Trinajstić information content (AvgIpc) is 2.17. The lowest BCUT2D eigenvalue weighted by molar-refractivity contribution is -0.142. The second kappa shape index (κ2) is 5.11. The Labute approximate surface area is 89.2 Å². The summed E-state index contributed by atoms with van der Waals surface area (Å²) in [5.74, 6) is -1.19. The molecule has 1 aliphatic heterocycles. The molecule has 1 saturated heterocycles. The fourth-order valence-electron chi connectivity index (χ4n) is 1.76. The zero-order valence-corrected chi connectivity index (χ0v) is 9.12. The van der Waals surface area contributed by atoms with Gasteiger partial charge < -0.3 is 15.7 Å². The van der Waals surface area contributed by atoms with Crippen LogP contribution in [0.25, 0.3) is 0 Å². The highest BCUT2D eigenvalue weighted by Gasteiger charge is 2.26. The molecule has 3 atom stereocenters. The second-order valence-corrected chi connectivity index (χ2v) is 4.14. The highest BCUT2D eigenvalue weighted by molar-refractivity contribution is 5.84. The maximum absolute atomic E-state index is 11.7. The molecular weight excluding hydrogens is 196 g/mol. The van der Waals surface area contributed by atoms with Crippen LogP contribution < -0.4 is 10.6 Å². The van der Waals surface area contributed by atoms with Gasteiger partial charge in [0.05, 0.1) is 0 Å². The van der Waals surface area contributed by atoms with E-state index in [9.17, 15) is 9.59 Å². The van der Waals surface area contributed by atoms with Crippen molar-refractivity contribution in [3.8, 4) is 0 Å². The normalized spacial score (nSPS) is 28.1. The van der Waals surface area contributed by atoms with E-state index in [2.05, 4.69) is 10.6 Å². The van der Waals surface area contributed by atoms with Gasteiger partial charge in [-0.05, 0) is 33.2 Å². The van der Waals surface area contributed by atoms with Crippen molar-refractivity contribution in [1.82, 2.24) is 10.6 Å². The van der Waals surface area contributed by atoms with Crippen molar-refractivity contribution >= 4 is 11.9 Å². The van der Waals surface area contributed by atoms with Gasteiger partial charge in [0.15, 0.2) is 0 Å². The minimum Gasteiger partial charge on any atom is -0.480 e. The predicted octanol–water partition coefficient (Wildman–Crippen LogP) is -0.0362. The van der Waals surface area contributed by atoms with Crippen molar-refractivity contribution in [3.05, 3.63) is 0 Å². The third-order valence-electron chi connectivity index (χ3n) is 2.72. The summed E-state index contributed by atoms with van der Waals surface area (Å²) in [6.45, 7) is 4.32. The van der Waals surface area contributed by atoms with Crippen LogP contribution in [0.1, 0.15) is 26.7 Å². The maximum Gasteiger partial charge on any atom is 0.325 e. The first-order valence-electron chi connectivity index (χ1n) is 5.27. The lowest BCUT2D eigenvalue weighted by Crippen LogP contribution is -2.46. The van der Waals surface area contributed by atoms with Crippen LogP contribution in [-0.2, 0) is 9.59 Å². The lowest BCUT2D eigenvalue weighted by Gasteiger charge is -2.27. The summed E-state index contributed by atoms with van der Waals surface area (Å²) in [6, 6.07) is -0.475. The Hall–Kier alpha value is -1.10. The largest absolute Gasteiger partial charge is 0.480 e. The van der Waals surface area contributed by atoms with E-state index < -0.39 is 12.0 Å². The van der Waals surface area contributed by atoms with Crippen LogP contribution in [-0.4, -0.2) is 35.6 Å². The Morgan fingerprint density at radius 3 is 2.73 bits per heavy atom. The molecule has 0 aromatic rings. The Morgan fingerprint density at radius 2 is 2.20 bits per heavy atom. The van der Waals surface area contributed by atoms with Crippen molar-refractivity contribution in [1.29, 1.82) is 0 Å². The minimum absolute atomic E-state index is 0.0527. The molecule has 0 aromatic carbocycles. The number of carboxylic acid groups (broad SMARTS) is 1. The molecule has 1 heterocycles. The molecule has 15 heavy (non-hydrogen) atoms. The van der Waals surface area contributed by atoms with E-state index in [0.717, 1.165) is 19.4 Å². The first kappa shape index (κ1) is 12.0. The fourth-order valence-corrected chi connectivity index (χ4v) is 1.76. The number of hydrogen-bond acceptors (Lipinski definition) is 3. The molecule has 0 saturated carbocycles. The first-order valence-corrected chi connectivity index (χ1v) is 5.27. The maximum atomic E-state index is 11.7. The van der Waals surface area contributed by atoms with Gasteiger partial charge >= 0.3 is 5.97 Å². The standard InChI is InChI=1S/C10H18N2O3/c1-6-5-8(3-4-11-6)9(13)12-7(2)10(14)15/h6-8,11H,3-5H2,1-2H3,(H,12,13)(H,14,15)/t6?,7-,8?/m1/s1. The Morgan fingerprint density at radius 1 is 1.53 bits per heavy atom. The van der Waals surface area contributed by atoms with Gasteiger partial charge in [-0.1, -0.05) is 0 Å². The highest BCUT2D eigenvalue weighted by Crippen LogP contribution is 2.16. The molecule has 5 nitrogen and oxygen atoms in total. The molecule has 1 fully saturated rings. The SMILES string of the molecule is CC1CC(C(=O)N[C@H](C)C(=O)O)CCN1. The van der Waals surface area contributed by atoms with Crippen molar-refractivity contribution in [2.24, 2.45) is 5.92 Å². The zero-order chi connectivity index (χ0) is 11.4. The van der Waals surface area contributed by atoms with Crippen LogP contribution >= 0.6 is 0 Å². The summed E-state index contributed by atoms with van der Waals surface area (Å²) in [5, 5.41) is 14.4. The Balaban J connectivity index is 2.42. The quantitative estimate of drug-likeness (QED) is 0.616. The molecule has 3 N–H and O–H groups in total. The lowest BCUT2D eigenvalue weighted by atomic mass is 9.92. The van der Waals surface area contributed by atoms with Crippen molar-refractivity contribution in [2.75, 3.05) is 6.54 Å². The Kier molecular flexibility index (Phi) is 4.08. The molecule has 0 aromatic heterocycles. The van der Waals surface area contributed by atoms with Crippen LogP contribution in [0.3, 0.4) is 0 Å². The summed E-state index contributed by atoms with van der Waals surface area (Å²) in [7, 11) is 0. The molecule has 1 amide bonds. The van der Waals surface area contributed by atoms with Crippen molar-refractivity contribution < 1.29 is 14.7 Å². The predicted molar refractivity (Wildman–Crippen MR) is 55.4 cm³/mol. The number of nitrogens with one attached hydrogen (secondary N) is 2. The molecule has 86 valence electrons. The minimum atomic E-state index is -0.995. The summed E-state index contributed by atoms with van der Waals surface area (Å²) < 4.78 is 0. The fraction of sp³-hybridized carbons (Fsp3) is 0.800. The smallest absolute Gasteiger partial charge is 0.325 e. The summed E-state index contributed by atoms with van der Waals surface area (Å²) in [4.78, 5) is 22.2. The summed E-state index contributed by atoms with van der Waals surface area (Å²) >= 11 is 0. The molecule has 5 heteroatoms. The number of aliphatic carboxylic acids is 1. The number of hydrogen-bond donors (Lipinski definition) is 3. The summed E-state index contributed by atoms with van der Waals surface area (Å²) in [6.07, 6.45) is 1.56. The second-order valence-electron chi connectivity index (χ2n) is 4.14. The molecular formula is C10H18N2O3. The van der Waals surface area contributed by atoms with Gasteiger partial charge in [0.2, 0.25) is 5.91 Å². The molecule has 0 spiro atoms. The van der Waals surface area contributed by atoms with Crippen molar-refractivity contribution in [2.45, 2.75) is 38.8 Å². The molecule has 2 unspecified atom stereocenters. The molecule has 0 radical (unpaired) electrons. The molecule has 1 rings (SSSR count). The van der Waals surface area contributed by atoms with Crippen LogP contribution in [0.2, 0.25) is 0 Å². The van der Waals surface area contributed by atoms with E-state index in [1.165, 1.54) is 6.92 Å². The number of amides is 1. The molecule has 0 bridgehead atoms. The third kappa shape index (κ3) is 3.51. The number of carbonyl (C=O) groups is 2. The number of carbonyl (C=O) groups excluding carboxylic acids is 1. The topological polar surface area (TPSA) is 78.4 Å². The van der Waals surface area contributed by atoms with Gasteiger partial charge in [-0.15, -0.1) is 0 Å². The summed E-state index contributed by atoms with van der Waals surface area (Å²) in [5.41, 5.74) is 0. The number of piperidine rings is 1.